The molecule has 122 valence electrons. The van der Waals surface area contributed by atoms with Gasteiger partial charge in [-0.15, -0.1) is 0 Å². The van der Waals surface area contributed by atoms with E-state index in [9.17, 15) is 0 Å². The lowest BCUT2D eigenvalue weighted by atomic mass is 9.99. The molecule has 0 aliphatic carbocycles. The van der Waals surface area contributed by atoms with E-state index in [2.05, 4.69) is 66.5 Å². The van der Waals surface area contributed by atoms with Crippen molar-refractivity contribution in [3.05, 3.63) is 96.2 Å². The molecule has 0 saturated heterocycles. The van der Waals surface area contributed by atoms with E-state index in [0.717, 1.165) is 33.3 Å². The maximum Gasteiger partial charge on any atom is 0.146 e. The van der Waals surface area contributed by atoms with Gasteiger partial charge < -0.3 is 4.74 Å². The molecule has 0 aliphatic heterocycles. The van der Waals surface area contributed by atoms with Crippen molar-refractivity contribution in [3.63, 3.8) is 0 Å². The lowest BCUT2D eigenvalue weighted by Crippen LogP contribution is -1.98. The van der Waals surface area contributed by atoms with Crippen LogP contribution < -0.4 is 4.74 Å². The zero-order valence-electron chi connectivity index (χ0n) is 14.1. The summed E-state index contributed by atoms with van der Waals surface area (Å²) < 4.78 is 6.16. The van der Waals surface area contributed by atoms with Gasteiger partial charge in [0.25, 0.3) is 0 Å². The smallest absolute Gasteiger partial charge is 0.146 e. The first-order valence-corrected chi connectivity index (χ1v) is 8.43. The lowest BCUT2D eigenvalue weighted by Gasteiger charge is -2.14. The van der Waals surface area contributed by atoms with Gasteiger partial charge in [-0.05, 0) is 30.2 Å². The molecule has 0 radical (unpaired) electrons. The van der Waals surface area contributed by atoms with E-state index in [1.807, 2.05) is 30.5 Å². The Balaban J connectivity index is 1.83. The zero-order valence-corrected chi connectivity index (χ0v) is 14.1. The van der Waals surface area contributed by atoms with Crippen LogP contribution in [0.2, 0.25) is 0 Å². The summed E-state index contributed by atoms with van der Waals surface area (Å²) in [4.78, 5) is 4.60. The molecule has 2 heteroatoms. The minimum Gasteiger partial charge on any atom is -0.487 e. The average Bonchev–Trinajstić information content (AvgIpc) is 2.67. The van der Waals surface area contributed by atoms with Crippen molar-refractivity contribution in [3.8, 4) is 16.9 Å². The molecular formula is C23H19NO. The normalized spacial score (nSPS) is 10.8. The number of ether oxygens (including phenoxy) is 1. The van der Waals surface area contributed by atoms with Crippen molar-refractivity contribution in [2.75, 3.05) is 0 Å². The second-order valence-corrected chi connectivity index (χ2v) is 6.16. The summed E-state index contributed by atoms with van der Waals surface area (Å²) in [7, 11) is 0. The van der Waals surface area contributed by atoms with Gasteiger partial charge in [0.05, 0.1) is 11.7 Å². The number of aryl methyl sites for hydroxylation is 1. The van der Waals surface area contributed by atoms with E-state index in [1.165, 1.54) is 5.56 Å². The van der Waals surface area contributed by atoms with Crippen molar-refractivity contribution < 1.29 is 4.74 Å². The third kappa shape index (κ3) is 3.24. The first-order valence-electron chi connectivity index (χ1n) is 8.43. The van der Waals surface area contributed by atoms with Crippen LogP contribution in [0, 0.1) is 6.92 Å². The van der Waals surface area contributed by atoms with Crippen molar-refractivity contribution in [1.82, 2.24) is 4.98 Å². The number of nitrogens with zero attached hydrogens (tertiary/aromatic N) is 1. The van der Waals surface area contributed by atoms with Crippen molar-refractivity contribution in [2.24, 2.45) is 0 Å². The van der Waals surface area contributed by atoms with Crippen LogP contribution in [-0.2, 0) is 6.61 Å². The number of rotatable bonds is 4. The van der Waals surface area contributed by atoms with Crippen LogP contribution in [0.1, 0.15) is 11.1 Å². The molecule has 0 N–H and O–H groups in total. The Bertz CT molecular complexity index is 994. The number of pyridine rings is 1. The predicted octanol–water partition coefficient (Wildman–Crippen LogP) is 5.79. The van der Waals surface area contributed by atoms with E-state index in [-0.39, 0.29) is 0 Å². The minimum atomic E-state index is 0.527. The van der Waals surface area contributed by atoms with Gasteiger partial charge >= 0.3 is 0 Å². The van der Waals surface area contributed by atoms with E-state index in [0.29, 0.717) is 6.61 Å². The van der Waals surface area contributed by atoms with Crippen LogP contribution in [0.25, 0.3) is 22.0 Å². The monoisotopic (exact) mass is 325 g/mol. The summed E-state index contributed by atoms with van der Waals surface area (Å²) in [6, 6.07) is 26.9. The molecule has 0 fully saturated rings. The Hall–Kier alpha value is -3.13. The van der Waals surface area contributed by atoms with E-state index in [1.54, 1.807) is 0 Å². The third-order valence-corrected chi connectivity index (χ3v) is 4.29. The molecule has 0 amide bonds. The van der Waals surface area contributed by atoms with Gasteiger partial charge in [-0.3, -0.25) is 4.98 Å². The minimum absolute atomic E-state index is 0.527. The second-order valence-electron chi connectivity index (χ2n) is 6.16. The molecule has 1 aromatic heterocycles. The summed E-state index contributed by atoms with van der Waals surface area (Å²) in [5, 5.41) is 1.12. The van der Waals surface area contributed by atoms with Crippen molar-refractivity contribution in [2.45, 2.75) is 13.5 Å². The largest absolute Gasteiger partial charge is 0.487 e. The van der Waals surface area contributed by atoms with Gasteiger partial charge in [0.15, 0.2) is 0 Å². The summed E-state index contributed by atoms with van der Waals surface area (Å²) in [5.41, 5.74) is 5.59. The summed E-state index contributed by atoms with van der Waals surface area (Å²) in [5.74, 6) is 0.813. The Morgan fingerprint density at radius 1 is 0.840 bits per heavy atom. The predicted molar refractivity (Wildman–Crippen MR) is 103 cm³/mol. The van der Waals surface area contributed by atoms with Crippen LogP contribution in [0.15, 0.2) is 85.1 Å². The highest BCUT2D eigenvalue weighted by Gasteiger charge is 2.12. The number of benzene rings is 3. The molecule has 0 saturated carbocycles. The molecule has 4 rings (SSSR count). The molecule has 25 heavy (non-hydrogen) atoms. The van der Waals surface area contributed by atoms with Gasteiger partial charge in [-0.2, -0.15) is 0 Å². The molecule has 0 aliphatic rings. The topological polar surface area (TPSA) is 22.1 Å². The summed E-state index contributed by atoms with van der Waals surface area (Å²) in [6.07, 6.45) is 1.84. The SMILES string of the molecule is Cc1ccc2ncc(OCc3ccccc3)c(-c3ccccc3)c2c1. The molecule has 0 bridgehead atoms. The Morgan fingerprint density at radius 2 is 1.56 bits per heavy atom. The fourth-order valence-electron chi connectivity index (χ4n) is 3.04. The van der Waals surface area contributed by atoms with E-state index < -0.39 is 0 Å². The lowest BCUT2D eigenvalue weighted by molar-refractivity contribution is 0.307. The van der Waals surface area contributed by atoms with Gasteiger partial charge in [-0.25, -0.2) is 0 Å². The van der Waals surface area contributed by atoms with Crippen molar-refractivity contribution in [1.29, 1.82) is 0 Å². The standard InChI is InChI=1S/C23H19NO/c1-17-12-13-21-20(14-17)23(19-10-6-3-7-11-19)22(15-24-21)25-16-18-8-4-2-5-9-18/h2-15H,16H2,1H3. The summed E-state index contributed by atoms with van der Waals surface area (Å²) >= 11 is 0. The van der Waals surface area contributed by atoms with Crippen LogP contribution in [0.3, 0.4) is 0 Å². The molecule has 1 heterocycles. The van der Waals surface area contributed by atoms with Crippen LogP contribution in [-0.4, -0.2) is 4.98 Å². The van der Waals surface area contributed by atoms with Gasteiger partial charge in [0, 0.05) is 10.9 Å². The summed E-state index contributed by atoms with van der Waals surface area (Å²) in [6.45, 7) is 2.63. The second kappa shape index (κ2) is 6.78. The molecule has 2 nitrogen and oxygen atoms in total. The van der Waals surface area contributed by atoms with Gasteiger partial charge in [0.1, 0.15) is 12.4 Å². The highest BCUT2D eigenvalue weighted by molar-refractivity contribution is 5.97. The molecule has 0 atom stereocenters. The van der Waals surface area contributed by atoms with E-state index in [4.69, 9.17) is 4.74 Å². The highest BCUT2D eigenvalue weighted by Crippen LogP contribution is 2.36. The Morgan fingerprint density at radius 3 is 2.32 bits per heavy atom. The fourth-order valence-corrected chi connectivity index (χ4v) is 3.04. The number of hydrogen-bond acceptors (Lipinski definition) is 2. The van der Waals surface area contributed by atoms with Gasteiger partial charge in [-0.1, -0.05) is 72.3 Å². The van der Waals surface area contributed by atoms with Gasteiger partial charge in [0.2, 0.25) is 0 Å². The zero-order chi connectivity index (χ0) is 17.1. The molecule has 0 spiro atoms. The maximum atomic E-state index is 6.16. The molecule has 4 aromatic rings. The van der Waals surface area contributed by atoms with Crippen LogP contribution in [0.4, 0.5) is 0 Å². The number of aromatic nitrogens is 1. The average molecular weight is 325 g/mol. The first kappa shape index (κ1) is 15.4. The quantitative estimate of drug-likeness (QED) is 0.474. The van der Waals surface area contributed by atoms with E-state index >= 15 is 0 Å². The highest BCUT2D eigenvalue weighted by atomic mass is 16.5. The Kier molecular flexibility index (Phi) is 4.17. The number of fused-ring (bicyclic) bond motifs is 1. The van der Waals surface area contributed by atoms with Crippen LogP contribution >= 0.6 is 0 Å². The molecule has 0 unspecified atom stereocenters. The van der Waals surface area contributed by atoms with Crippen molar-refractivity contribution >= 4 is 10.9 Å². The number of hydrogen-bond donors (Lipinski definition) is 0. The maximum absolute atomic E-state index is 6.16. The fraction of sp³-hybridized carbons (Fsp3) is 0.0870. The first-order chi connectivity index (χ1) is 12.3. The Labute approximate surface area is 147 Å². The van der Waals surface area contributed by atoms with Crippen LogP contribution in [0.5, 0.6) is 5.75 Å². The third-order valence-electron chi connectivity index (χ3n) is 4.29. The molecule has 3 aromatic carbocycles. The molecular weight excluding hydrogens is 306 g/mol.